The molecule has 2 rings (SSSR count). The van der Waals surface area contributed by atoms with Crippen molar-refractivity contribution in [3.63, 3.8) is 0 Å². The third-order valence-electron chi connectivity index (χ3n) is 4.15. The maximum atomic E-state index is 12.3. The molecule has 1 aromatic heterocycles. The number of hydrogen-bond donors (Lipinski definition) is 1. The number of nitrogens with one attached hydrogen (secondary N) is 1. The van der Waals surface area contributed by atoms with E-state index >= 15 is 0 Å². The number of carbonyl (C=O) groups excluding carboxylic acids is 1. The Kier molecular flexibility index (Phi) is 6.36. The molecule has 1 aliphatic carbocycles. The zero-order valence-electron chi connectivity index (χ0n) is 13.8. The van der Waals surface area contributed by atoms with E-state index in [2.05, 4.69) is 15.5 Å². The van der Waals surface area contributed by atoms with Crippen molar-refractivity contribution in [1.82, 2.24) is 15.5 Å². The van der Waals surface area contributed by atoms with Crippen molar-refractivity contribution in [3.05, 3.63) is 11.7 Å². The molecule has 6 nitrogen and oxygen atoms in total. The summed E-state index contributed by atoms with van der Waals surface area (Å²) in [4.78, 5) is 16.5. The minimum Gasteiger partial charge on any atom is -0.365 e. The van der Waals surface area contributed by atoms with Crippen LogP contribution in [0.4, 0.5) is 0 Å². The fourth-order valence-corrected chi connectivity index (χ4v) is 2.82. The second-order valence-corrected chi connectivity index (χ2v) is 6.03. The van der Waals surface area contributed by atoms with E-state index in [0.717, 1.165) is 12.8 Å². The van der Waals surface area contributed by atoms with Crippen LogP contribution in [0, 0.1) is 6.92 Å². The van der Waals surface area contributed by atoms with Gasteiger partial charge in [-0.05, 0) is 26.2 Å². The lowest BCUT2D eigenvalue weighted by Gasteiger charge is -2.22. The molecular formula is C16H27N3O3. The first kappa shape index (κ1) is 16.9. The quantitative estimate of drug-likeness (QED) is 0.817. The van der Waals surface area contributed by atoms with Crippen LogP contribution >= 0.6 is 0 Å². The normalized spacial score (nSPS) is 19.4. The predicted molar refractivity (Wildman–Crippen MR) is 82.2 cm³/mol. The fraction of sp³-hybridized carbons (Fsp3) is 0.812. The highest BCUT2D eigenvalue weighted by molar-refractivity contribution is 5.80. The number of nitrogens with zero attached hydrogens (tertiary/aromatic N) is 2. The van der Waals surface area contributed by atoms with E-state index in [-0.39, 0.29) is 18.1 Å². The molecule has 2 unspecified atom stereocenters. The van der Waals surface area contributed by atoms with Gasteiger partial charge in [-0.25, -0.2) is 0 Å². The summed E-state index contributed by atoms with van der Waals surface area (Å²) in [5.41, 5.74) is 0. The van der Waals surface area contributed by atoms with Crippen LogP contribution in [0.2, 0.25) is 0 Å². The Morgan fingerprint density at radius 1 is 1.36 bits per heavy atom. The van der Waals surface area contributed by atoms with E-state index in [9.17, 15) is 4.79 Å². The number of rotatable bonds is 6. The molecule has 0 bridgehead atoms. The zero-order chi connectivity index (χ0) is 15.9. The second kappa shape index (κ2) is 8.27. The number of aryl methyl sites for hydroxylation is 1. The molecule has 1 heterocycles. The number of aromatic nitrogens is 2. The lowest BCUT2D eigenvalue weighted by molar-refractivity contribution is -0.136. The molecule has 1 fully saturated rings. The van der Waals surface area contributed by atoms with Gasteiger partial charge >= 0.3 is 0 Å². The molecule has 1 aromatic rings. The molecule has 6 heteroatoms. The molecule has 1 aliphatic rings. The van der Waals surface area contributed by atoms with E-state index < -0.39 is 6.10 Å². The summed E-state index contributed by atoms with van der Waals surface area (Å²) >= 11 is 0. The van der Waals surface area contributed by atoms with Gasteiger partial charge in [-0.3, -0.25) is 4.79 Å². The smallest absolute Gasteiger partial charge is 0.249 e. The summed E-state index contributed by atoms with van der Waals surface area (Å²) in [6, 6.07) is -0.231. The first-order valence-electron chi connectivity index (χ1n) is 8.36. The average molecular weight is 309 g/mol. The average Bonchev–Trinajstić information content (AvgIpc) is 2.77. The summed E-state index contributed by atoms with van der Waals surface area (Å²) in [5.74, 6) is 0.916. The summed E-state index contributed by atoms with van der Waals surface area (Å²) < 4.78 is 10.9. The van der Waals surface area contributed by atoms with Crippen LogP contribution in [-0.2, 0) is 9.53 Å². The zero-order valence-corrected chi connectivity index (χ0v) is 13.8. The highest BCUT2D eigenvalue weighted by atomic mass is 16.5. The SMILES string of the molecule is CCC(NC(=O)C(C)OC1CCCCCC1)c1noc(C)n1. The lowest BCUT2D eigenvalue weighted by Crippen LogP contribution is -2.39. The van der Waals surface area contributed by atoms with Crippen LogP contribution in [0.1, 0.15) is 76.6 Å². The Morgan fingerprint density at radius 2 is 2.05 bits per heavy atom. The minimum absolute atomic E-state index is 0.112. The highest BCUT2D eigenvalue weighted by Gasteiger charge is 2.24. The number of hydrogen-bond acceptors (Lipinski definition) is 5. The Labute approximate surface area is 132 Å². The maximum Gasteiger partial charge on any atom is 0.249 e. The van der Waals surface area contributed by atoms with E-state index in [0.29, 0.717) is 18.1 Å². The Morgan fingerprint density at radius 3 is 2.59 bits per heavy atom. The Hall–Kier alpha value is -1.43. The summed E-state index contributed by atoms with van der Waals surface area (Å²) in [6.07, 6.45) is 7.50. The van der Waals surface area contributed by atoms with Gasteiger partial charge in [-0.1, -0.05) is 37.8 Å². The third kappa shape index (κ3) is 4.80. The molecule has 124 valence electrons. The fourth-order valence-electron chi connectivity index (χ4n) is 2.82. The maximum absolute atomic E-state index is 12.3. The topological polar surface area (TPSA) is 77.2 Å². The monoisotopic (exact) mass is 309 g/mol. The first-order valence-corrected chi connectivity index (χ1v) is 8.36. The summed E-state index contributed by atoms with van der Waals surface area (Å²) in [6.45, 7) is 5.53. The van der Waals surface area contributed by atoms with Crippen molar-refractivity contribution in [3.8, 4) is 0 Å². The van der Waals surface area contributed by atoms with Gasteiger partial charge in [0.05, 0.1) is 12.1 Å². The van der Waals surface area contributed by atoms with Crippen molar-refractivity contribution < 1.29 is 14.1 Å². The van der Waals surface area contributed by atoms with Gasteiger partial charge in [-0.15, -0.1) is 0 Å². The third-order valence-corrected chi connectivity index (χ3v) is 4.15. The van der Waals surface area contributed by atoms with Crippen molar-refractivity contribution in [2.45, 2.75) is 84.0 Å². The van der Waals surface area contributed by atoms with Crippen LogP contribution in [0.3, 0.4) is 0 Å². The van der Waals surface area contributed by atoms with Crippen LogP contribution < -0.4 is 5.32 Å². The second-order valence-electron chi connectivity index (χ2n) is 6.03. The standard InChI is InChI=1S/C16H27N3O3/c1-4-14(15-17-12(3)22-19-15)18-16(20)11(2)21-13-9-7-5-6-8-10-13/h11,13-14H,4-10H2,1-3H3,(H,18,20). The number of carbonyl (C=O) groups is 1. The van der Waals surface area contributed by atoms with Gasteiger partial charge in [0, 0.05) is 6.92 Å². The molecule has 0 aliphatic heterocycles. The molecule has 0 spiro atoms. The van der Waals surface area contributed by atoms with Gasteiger partial charge in [0.1, 0.15) is 6.10 Å². The number of ether oxygens (including phenoxy) is 1. The molecule has 0 aromatic carbocycles. The van der Waals surface area contributed by atoms with Crippen molar-refractivity contribution in [1.29, 1.82) is 0 Å². The Balaban J connectivity index is 1.86. The molecule has 0 radical (unpaired) electrons. The molecule has 0 saturated heterocycles. The first-order chi connectivity index (χ1) is 10.6. The van der Waals surface area contributed by atoms with Crippen LogP contribution in [0.15, 0.2) is 4.52 Å². The van der Waals surface area contributed by atoms with Gasteiger partial charge in [0.15, 0.2) is 5.82 Å². The highest BCUT2D eigenvalue weighted by Crippen LogP contribution is 2.21. The van der Waals surface area contributed by atoms with Crippen molar-refractivity contribution >= 4 is 5.91 Å². The molecule has 2 atom stereocenters. The van der Waals surface area contributed by atoms with E-state index in [1.807, 2.05) is 13.8 Å². The van der Waals surface area contributed by atoms with Gasteiger partial charge in [-0.2, -0.15) is 4.98 Å². The van der Waals surface area contributed by atoms with E-state index in [1.165, 1.54) is 25.7 Å². The van der Waals surface area contributed by atoms with Crippen molar-refractivity contribution in [2.75, 3.05) is 0 Å². The molecular weight excluding hydrogens is 282 g/mol. The molecule has 22 heavy (non-hydrogen) atoms. The van der Waals surface area contributed by atoms with Crippen molar-refractivity contribution in [2.24, 2.45) is 0 Å². The minimum atomic E-state index is -0.454. The summed E-state index contributed by atoms with van der Waals surface area (Å²) in [7, 11) is 0. The largest absolute Gasteiger partial charge is 0.365 e. The Bertz CT molecular complexity index is 467. The van der Waals surface area contributed by atoms with Gasteiger partial charge in [0.25, 0.3) is 0 Å². The number of amides is 1. The van der Waals surface area contributed by atoms with E-state index in [1.54, 1.807) is 6.92 Å². The van der Waals surface area contributed by atoms with Gasteiger partial charge in [0.2, 0.25) is 11.8 Å². The van der Waals surface area contributed by atoms with Gasteiger partial charge < -0.3 is 14.6 Å². The molecule has 1 amide bonds. The van der Waals surface area contributed by atoms with Crippen LogP contribution in [0.25, 0.3) is 0 Å². The molecule has 1 saturated carbocycles. The van der Waals surface area contributed by atoms with E-state index in [4.69, 9.17) is 9.26 Å². The van der Waals surface area contributed by atoms with Crippen LogP contribution in [0.5, 0.6) is 0 Å². The summed E-state index contributed by atoms with van der Waals surface area (Å²) in [5, 5.41) is 6.84. The lowest BCUT2D eigenvalue weighted by atomic mass is 10.1. The van der Waals surface area contributed by atoms with Crippen LogP contribution in [-0.4, -0.2) is 28.3 Å². The predicted octanol–water partition coefficient (Wildman–Crippen LogP) is 3.07. The molecule has 1 N–H and O–H groups in total.